The summed E-state index contributed by atoms with van der Waals surface area (Å²) in [5.41, 5.74) is 1.26. The van der Waals surface area contributed by atoms with Gasteiger partial charge in [0, 0.05) is 16.4 Å². The highest BCUT2D eigenvalue weighted by Crippen LogP contribution is 2.40. The highest BCUT2D eigenvalue weighted by atomic mass is 32.1. The Balaban J connectivity index is 1.92. The van der Waals surface area contributed by atoms with E-state index in [1.165, 1.54) is 49.0 Å². The smallest absolute Gasteiger partial charge is 0.306 e. The van der Waals surface area contributed by atoms with E-state index in [-0.39, 0.29) is 28.9 Å². The predicted octanol–water partition coefficient (Wildman–Crippen LogP) is 4.63. The molecule has 4 aromatic rings. The van der Waals surface area contributed by atoms with Crippen molar-refractivity contribution in [3.8, 4) is 22.6 Å². The SMILES string of the molecule is COC(=O)C[C@H](c1cccs1)c1c(O)ccc2c(=O)c(-c3ccc(O)cc3)coc12. The van der Waals surface area contributed by atoms with Gasteiger partial charge in [-0.1, -0.05) is 18.2 Å². The summed E-state index contributed by atoms with van der Waals surface area (Å²) in [5, 5.41) is 22.3. The fourth-order valence-corrected chi connectivity index (χ4v) is 4.31. The number of ether oxygens (including phenoxy) is 1. The molecule has 2 N–H and O–H groups in total. The molecule has 0 amide bonds. The van der Waals surface area contributed by atoms with E-state index >= 15 is 0 Å². The molecule has 7 heteroatoms. The summed E-state index contributed by atoms with van der Waals surface area (Å²) in [6, 6.07) is 12.9. The first-order chi connectivity index (χ1) is 14.5. The van der Waals surface area contributed by atoms with E-state index in [1.807, 2.05) is 17.5 Å². The van der Waals surface area contributed by atoms with Crippen LogP contribution in [0.15, 0.2) is 69.4 Å². The molecule has 0 saturated heterocycles. The van der Waals surface area contributed by atoms with Crippen LogP contribution in [0.25, 0.3) is 22.1 Å². The molecule has 0 aliphatic carbocycles. The van der Waals surface area contributed by atoms with Crippen molar-refractivity contribution in [2.45, 2.75) is 12.3 Å². The lowest BCUT2D eigenvalue weighted by Gasteiger charge is -2.18. The van der Waals surface area contributed by atoms with Crippen LogP contribution in [-0.4, -0.2) is 23.3 Å². The molecular formula is C23H18O6S. The number of phenolic OH excluding ortho intramolecular Hbond substituents is 2. The van der Waals surface area contributed by atoms with Gasteiger partial charge in [-0.05, 0) is 41.3 Å². The van der Waals surface area contributed by atoms with E-state index in [2.05, 4.69) is 0 Å². The Morgan fingerprint density at radius 3 is 2.57 bits per heavy atom. The van der Waals surface area contributed by atoms with Gasteiger partial charge >= 0.3 is 5.97 Å². The van der Waals surface area contributed by atoms with Gasteiger partial charge in [0.25, 0.3) is 0 Å². The van der Waals surface area contributed by atoms with Crippen molar-refractivity contribution >= 4 is 28.3 Å². The second-order valence-corrected chi connectivity index (χ2v) is 7.73. The molecule has 2 heterocycles. The molecule has 6 nitrogen and oxygen atoms in total. The molecule has 30 heavy (non-hydrogen) atoms. The van der Waals surface area contributed by atoms with Gasteiger partial charge in [0.1, 0.15) is 23.3 Å². The van der Waals surface area contributed by atoms with Crippen LogP contribution in [0.4, 0.5) is 0 Å². The number of methoxy groups -OCH3 is 1. The number of carbonyl (C=O) groups excluding carboxylic acids is 1. The van der Waals surface area contributed by atoms with E-state index in [9.17, 15) is 19.8 Å². The van der Waals surface area contributed by atoms with Gasteiger partial charge in [-0.15, -0.1) is 11.3 Å². The fraction of sp³-hybridized carbons (Fsp3) is 0.130. The molecule has 0 aliphatic rings. The number of hydrogen-bond acceptors (Lipinski definition) is 7. The Hall–Kier alpha value is -3.58. The number of thiophene rings is 1. The molecule has 0 aliphatic heterocycles. The summed E-state index contributed by atoms with van der Waals surface area (Å²) in [5.74, 6) is -0.931. The van der Waals surface area contributed by atoms with Gasteiger partial charge in [-0.2, -0.15) is 0 Å². The van der Waals surface area contributed by atoms with E-state index in [0.717, 1.165) is 4.88 Å². The van der Waals surface area contributed by atoms with E-state index in [0.29, 0.717) is 22.1 Å². The second kappa shape index (κ2) is 8.04. The van der Waals surface area contributed by atoms with Crippen LogP contribution in [0.5, 0.6) is 11.5 Å². The lowest BCUT2D eigenvalue weighted by molar-refractivity contribution is -0.140. The van der Waals surface area contributed by atoms with Crippen molar-refractivity contribution in [2.24, 2.45) is 0 Å². The molecule has 0 radical (unpaired) electrons. The minimum absolute atomic E-state index is 0.00683. The predicted molar refractivity (Wildman–Crippen MR) is 114 cm³/mol. The maximum Gasteiger partial charge on any atom is 0.306 e. The molecule has 0 fully saturated rings. The van der Waals surface area contributed by atoms with Gasteiger partial charge in [0.2, 0.25) is 5.43 Å². The third kappa shape index (κ3) is 3.55. The van der Waals surface area contributed by atoms with E-state index < -0.39 is 11.9 Å². The summed E-state index contributed by atoms with van der Waals surface area (Å²) in [7, 11) is 1.31. The van der Waals surface area contributed by atoms with Crippen molar-refractivity contribution in [3.63, 3.8) is 0 Å². The first kappa shape index (κ1) is 19.7. The molecule has 0 spiro atoms. The fourth-order valence-electron chi connectivity index (χ4n) is 3.47. The first-order valence-electron chi connectivity index (χ1n) is 9.16. The number of hydrogen-bond donors (Lipinski definition) is 2. The zero-order valence-electron chi connectivity index (χ0n) is 16.0. The summed E-state index contributed by atoms with van der Waals surface area (Å²) in [6.07, 6.45) is 1.33. The Bertz CT molecular complexity index is 1260. The minimum Gasteiger partial charge on any atom is -0.508 e. The average molecular weight is 422 g/mol. The topological polar surface area (TPSA) is 97.0 Å². The summed E-state index contributed by atoms with van der Waals surface area (Å²) in [6.45, 7) is 0. The van der Waals surface area contributed by atoms with Gasteiger partial charge in [0.05, 0.1) is 24.5 Å². The maximum atomic E-state index is 13.2. The number of rotatable bonds is 5. The summed E-state index contributed by atoms with van der Waals surface area (Å²) < 4.78 is 10.7. The summed E-state index contributed by atoms with van der Waals surface area (Å²) >= 11 is 1.44. The van der Waals surface area contributed by atoms with Gasteiger partial charge in [-0.25, -0.2) is 0 Å². The maximum absolute atomic E-state index is 13.2. The molecule has 0 bridgehead atoms. The van der Waals surface area contributed by atoms with Crippen LogP contribution in [-0.2, 0) is 9.53 Å². The van der Waals surface area contributed by atoms with E-state index in [1.54, 1.807) is 12.1 Å². The van der Waals surface area contributed by atoms with Crippen molar-refractivity contribution in [1.29, 1.82) is 0 Å². The molecule has 2 aromatic carbocycles. The lowest BCUT2D eigenvalue weighted by atomic mass is 9.91. The van der Waals surface area contributed by atoms with Crippen molar-refractivity contribution in [3.05, 3.63) is 80.8 Å². The monoisotopic (exact) mass is 422 g/mol. The third-order valence-corrected chi connectivity index (χ3v) is 5.95. The standard InChI is InChI=1S/C23H18O6S/c1-28-20(26)11-16(19-3-2-10-30-19)21-18(25)9-8-15-22(27)17(12-29-23(15)21)13-4-6-14(24)7-5-13/h2-10,12,16,24-25H,11H2,1H3/t16-/m1/s1. The molecule has 1 atom stereocenters. The number of benzene rings is 2. The van der Waals surface area contributed by atoms with Crippen molar-refractivity contribution < 1.29 is 24.2 Å². The highest BCUT2D eigenvalue weighted by molar-refractivity contribution is 7.10. The largest absolute Gasteiger partial charge is 0.508 e. The molecule has 4 rings (SSSR count). The Morgan fingerprint density at radius 2 is 1.90 bits per heavy atom. The number of phenols is 2. The Labute approximate surface area is 175 Å². The molecular weight excluding hydrogens is 404 g/mol. The zero-order valence-corrected chi connectivity index (χ0v) is 16.8. The minimum atomic E-state index is -0.524. The van der Waals surface area contributed by atoms with Crippen LogP contribution in [0, 0.1) is 0 Å². The Morgan fingerprint density at radius 1 is 1.13 bits per heavy atom. The Kier molecular flexibility index (Phi) is 5.29. The van der Waals surface area contributed by atoms with Gasteiger partial charge in [0.15, 0.2) is 0 Å². The van der Waals surface area contributed by atoms with E-state index in [4.69, 9.17) is 9.15 Å². The van der Waals surface area contributed by atoms with Crippen molar-refractivity contribution in [2.75, 3.05) is 7.11 Å². The molecule has 152 valence electrons. The first-order valence-corrected chi connectivity index (χ1v) is 10.0. The van der Waals surface area contributed by atoms with Crippen LogP contribution in [0.2, 0.25) is 0 Å². The van der Waals surface area contributed by atoms with Crippen LogP contribution < -0.4 is 5.43 Å². The number of esters is 1. The molecule has 0 saturated carbocycles. The lowest BCUT2D eigenvalue weighted by Crippen LogP contribution is -2.12. The normalized spacial score (nSPS) is 12.0. The summed E-state index contributed by atoms with van der Waals surface area (Å²) in [4.78, 5) is 26.1. The molecule has 2 aromatic heterocycles. The van der Waals surface area contributed by atoms with Crippen molar-refractivity contribution in [1.82, 2.24) is 0 Å². The van der Waals surface area contributed by atoms with Crippen LogP contribution >= 0.6 is 11.3 Å². The van der Waals surface area contributed by atoms with Crippen LogP contribution in [0.3, 0.4) is 0 Å². The molecule has 0 unspecified atom stereocenters. The third-order valence-electron chi connectivity index (χ3n) is 4.97. The van der Waals surface area contributed by atoms with Gasteiger partial charge in [-0.3, -0.25) is 9.59 Å². The zero-order chi connectivity index (χ0) is 21.3. The quantitative estimate of drug-likeness (QED) is 0.455. The number of fused-ring (bicyclic) bond motifs is 1. The number of aromatic hydroxyl groups is 2. The average Bonchev–Trinajstić information content (AvgIpc) is 3.28. The second-order valence-electron chi connectivity index (χ2n) is 6.75. The highest BCUT2D eigenvalue weighted by Gasteiger charge is 2.27. The van der Waals surface area contributed by atoms with Crippen LogP contribution in [0.1, 0.15) is 22.8 Å². The number of carbonyl (C=O) groups is 1. The van der Waals surface area contributed by atoms with Gasteiger partial charge < -0.3 is 19.4 Å².